The van der Waals surface area contributed by atoms with Crippen LogP contribution in [-0.4, -0.2) is 7.11 Å². The maximum absolute atomic E-state index is 6.17. The fourth-order valence-electron chi connectivity index (χ4n) is 1.83. The average Bonchev–Trinajstić information content (AvgIpc) is 2.68. The third-order valence-electron chi connectivity index (χ3n) is 2.73. The Labute approximate surface area is 145 Å². The molecular formula is C13H11BrCl3NOS. The van der Waals surface area contributed by atoms with E-state index in [2.05, 4.69) is 21.2 Å². The van der Waals surface area contributed by atoms with Crippen molar-refractivity contribution in [1.82, 2.24) is 0 Å². The van der Waals surface area contributed by atoms with Gasteiger partial charge in [-0.3, -0.25) is 0 Å². The third kappa shape index (κ3) is 3.55. The fourth-order valence-corrected chi connectivity index (χ4v) is 4.45. The fraction of sp³-hybridized carbons (Fsp3) is 0.231. The Hall–Kier alpha value is -0.130. The van der Waals surface area contributed by atoms with E-state index in [-0.39, 0.29) is 6.04 Å². The summed E-state index contributed by atoms with van der Waals surface area (Å²) in [6.45, 7) is 2.00. The van der Waals surface area contributed by atoms with E-state index in [1.54, 1.807) is 13.2 Å². The normalized spacial score (nSPS) is 12.3. The molecule has 0 aliphatic heterocycles. The lowest BCUT2D eigenvalue weighted by molar-refractivity contribution is 0.413. The van der Waals surface area contributed by atoms with Crippen LogP contribution in [0.5, 0.6) is 5.75 Å². The monoisotopic (exact) mass is 413 g/mol. The molecule has 20 heavy (non-hydrogen) atoms. The average molecular weight is 416 g/mol. The van der Waals surface area contributed by atoms with E-state index in [0.717, 1.165) is 15.7 Å². The molecule has 2 rings (SSSR count). The van der Waals surface area contributed by atoms with Gasteiger partial charge in [-0.05, 0) is 41.1 Å². The molecule has 1 aromatic carbocycles. The second-order valence-corrected chi connectivity index (χ2v) is 7.69. The van der Waals surface area contributed by atoms with Crippen molar-refractivity contribution in [2.75, 3.05) is 12.4 Å². The molecule has 2 nitrogen and oxygen atoms in total. The standard InChI is InChI=1S/C13H11BrCl3NOS/c1-6(8-5-11(16)20-13(8)17)18-10-4-7(15)3-9(14)12(10)19-2/h3-6,18H,1-2H3. The van der Waals surface area contributed by atoms with Gasteiger partial charge >= 0.3 is 0 Å². The highest BCUT2D eigenvalue weighted by Gasteiger charge is 2.16. The van der Waals surface area contributed by atoms with E-state index in [1.807, 2.05) is 19.1 Å². The first-order valence-corrected chi connectivity index (χ1v) is 8.41. The van der Waals surface area contributed by atoms with Crippen molar-refractivity contribution in [3.05, 3.63) is 41.9 Å². The molecule has 0 saturated carbocycles. The Morgan fingerprint density at radius 3 is 2.50 bits per heavy atom. The Morgan fingerprint density at radius 2 is 1.95 bits per heavy atom. The molecule has 1 aromatic heterocycles. The first-order chi connectivity index (χ1) is 9.42. The van der Waals surface area contributed by atoms with Crippen LogP contribution < -0.4 is 10.1 Å². The van der Waals surface area contributed by atoms with Crippen molar-refractivity contribution in [2.45, 2.75) is 13.0 Å². The summed E-state index contributed by atoms with van der Waals surface area (Å²) >= 11 is 23.0. The highest BCUT2D eigenvalue weighted by molar-refractivity contribution is 9.10. The summed E-state index contributed by atoms with van der Waals surface area (Å²) in [5, 5.41) is 3.95. The Balaban J connectivity index is 2.32. The highest BCUT2D eigenvalue weighted by atomic mass is 79.9. The minimum absolute atomic E-state index is 0.0227. The number of ether oxygens (including phenoxy) is 1. The van der Waals surface area contributed by atoms with Gasteiger partial charge < -0.3 is 10.1 Å². The molecule has 2 aromatic rings. The van der Waals surface area contributed by atoms with Gasteiger partial charge in [0.2, 0.25) is 0 Å². The minimum atomic E-state index is -0.0227. The van der Waals surface area contributed by atoms with Gasteiger partial charge in [-0.2, -0.15) is 0 Å². The largest absolute Gasteiger partial charge is 0.493 e. The summed E-state index contributed by atoms with van der Waals surface area (Å²) in [4.78, 5) is 0. The minimum Gasteiger partial charge on any atom is -0.493 e. The molecule has 0 aliphatic rings. The number of halogens is 4. The molecule has 0 spiro atoms. The lowest BCUT2D eigenvalue weighted by Crippen LogP contribution is -2.07. The SMILES string of the molecule is COc1c(Br)cc(Cl)cc1NC(C)c1cc(Cl)sc1Cl. The molecular weight excluding hydrogens is 404 g/mol. The van der Waals surface area contributed by atoms with Crippen LogP contribution in [0.15, 0.2) is 22.7 Å². The van der Waals surface area contributed by atoms with Gasteiger partial charge in [0.25, 0.3) is 0 Å². The number of hydrogen-bond donors (Lipinski definition) is 1. The molecule has 0 saturated heterocycles. The number of nitrogens with one attached hydrogen (secondary N) is 1. The molecule has 1 N–H and O–H groups in total. The summed E-state index contributed by atoms with van der Waals surface area (Å²) in [6, 6.07) is 5.43. The van der Waals surface area contributed by atoms with Crippen molar-refractivity contribution in [1.29, 1.82) is 0 Å². The van der Waals surface area contributed by atoms with Gasteiger partial charge in [0.05, 0.1) is 32.0 Å². The summed E-state index contributed by atoms with van der Waals surface area (Å²) in [6.07, 6.45) is 0. The molecule has 0 amide bonds. The number of hydrogen-bond acceptors (Lipinski definition) is 3. The first kappa shape index (κ1) is 16.2. The van der Waals surface area contributed by atoms with Crippen LogP contribution in [0.25, 0.3) is 0 Å². The van der Waals surface area contributed by atoms with Crippen LogP contribution in [0.3, 0.4) is 0 Å². The lowest BCUT2D eigenvalue weighted by atomic mass is 10.1. The molecule has 0 bridgehead atoms. The molecule has 7 heteroatoms. The zero-order valence-electron chi connectivity index (χ0n) is 10.6. The van der Waals surface area contributed by atoms with Crippen molar-refractivity contribution >= 4 is 67.8 Å². The van der Waals surface area contributed by atoms with Gasteiger partial charge in [-0.15, -0.1) is 11.3 Å². The topological polar surface area (TPSA) is 21.3 Å². The Kier molecular flexibility index (Phi) is 5.49. The molecule has 1 atom stereocenters. The summed E-state index contributed by atoms with van der Waals surface area (Å²) in [7, 11) is 1.61. The second kappa shape index (κ2) is 6.75. The van der Waals surface area contributed by atoms with Crippen LogP contribution in [0.2, 0.25) is 13.7 Å². The second-order valence-electron chi connectivity index (χ2n) is 4.11. The van der Waals surface area contributed by atoms with E-state index in [1.165, 1.54) is 11.3 Å². The molecule has 0 aliphatic carbocycles. The quantitative estimate of drug-likeness (QED) is 0.603. The van der Waals surface area contributed by atoms with Crippen LogP contribution in [0, 0.1) is 0 Å². The Morgan fingerprint density at radius 1 is 1.25 bits per heavy atom. The lowest BCUT2D eigenvalue weighted by Gasteiger charge is -2.18. The van der Waals surface area contributed by atoms with E-state index in [4.69, 9.17) is 39.5 Å². The zero-order valence-corrected chi connectivity index (χ0v) is 15.3. The van der Waals surface area contributed by atoms with Crippen molar-refractivity contribution in [2.24, 2.45) is 0 Å². The van der Waals surface area contributed by atoms with Crippen LogP contribution in [-0.2, 0) is 0 Å². The predicted molar refractivity (Wildman–Crippen MR) is 92.1 cm³/mol. The summed E-state index contributed by atoms with van der Waals surface area (Å²) in [5.74, 6) is 0.693. The van der Waals surface area contributed by atoms with Gasteiger partial charge in [-0.25, -0.2) is 0 Å². The van der Waals surface area contributed by atoms with Gasteiger partial charge in [0.1, 0.15) is 0 Å². The molecule has 108 valence electrons. The third-order valence-corrected chi connectivity index (χ3v) is 5.06. The van der Waals surface area contributed by atoms with E-state index >= 15 is 0 Å². The number of thiophene rings is 1. The maximum atomic E-state index is 6.17. The van der Waals surface area contributed by atoms with Crippen LogP contribution >= 0.6 is 62.1 Å². The Bertz CT molecular complexity index is 632. The van der Waals surface area contributed by atoms with Crippen molar-refractivity contribution < 1.29 is 4.74 Å². The molecule has 0 fully saturated rings. The maximum Gasteiger partial charge on any atom is 0.156 e. The zero-order chi connectivity index (χ0) is 14.9. The summed E-state index contributed by atoms with van der Waals surface area (Å²) in [5.41, 5.74) is 1.73. The van der Waals surface area contributed by atoms with Gasteiger partial charge in [0.15, 0.2) is 5.75 Å². The van der Waals surface area contributed by atoms with Crippen LogP contribution in [0.4, 0.5) is 5.69 Å². The van der Waals surface area contributed by atoms with E-state index in [9.17, 15) is 0 Å². The number of rotatable bonds is 4. The molecule has 1 heterocycles. The summed E-state index contributed by atoms with van der Waals surface area (Å²) < 4.78 is 7.51. The van der Waals surface area contributed by atoms with Crippen LogP contribution in [0.1, 0.15) is 18.5 Å². The van der Waals surface area contributed by atoms with Crippen molar-refractivity contribution in [3.63, 3.8) is 0 Å². The molecule has 0 radical (unpaired) electrons. The predicted octanol–water partition coefficient (Wildman–Crippen LogP) is 6.65. The van der Waals surface area contributed by atoms with E-state index < -0.39 is 0 Å². The first-order valence-electron chi connectivity index (χ1n) is 5.66. The molecule has 1 unspecified atom stereocenters. The van der Waals surface area contributed by atoms with E-state index in [0.29, 0.717) is 19.4 Å². The number of methoxy groups -OCH3 is 1. The number of benzene rings is 1. The smallest absolute Gasteiger partial charge is 0.156 e. The van der Waals surface area contributed by atoms with Crippen molar-refractivity contribution in [3.8, 4) is 5.75 Å². The highest BCUT2D eigenvalue weighted by Crippen LogP contribution is 2.40. The van der Waals surface area contributed by atoms with Gasteiger partial charge in [-0.1, -0.05) is 34.8 Å². The van der Waals surface area contributed by atoms with Gasteiger partial charge in [0, 0.05) is 10.6 Å². The number of anilines is 1.